The van der Waals surface area contributed by atoms with Crippen molar-refractivity contribution in [2.24, 2.45) is 5.84 Å². The van der Waals surface area contributed by atoms with Gasteiger partial charge < -0.3 is 9.30 Å². The van der Waals surface area contributed by atoms with E-state index in [0.717, 1.165) is 30.1 Å². The Hall–Kier alpha value is -1.85. The van der Waals surface area contributed by atoms with Crippen LogP contribution in [0.3, 0.4) is 0 Å². The summed E-state index contributed by atoms with van der Waals surface area (Å²) in [6.45, 7) is 2.97. The van der Waals surface area contributed by atoms with E-state index >= 15 is 0 Å². The van der Waals surface area contributed by atoms with Crippen LogP contribution in [0.2, 0.25) is 0 Å². The van der Waals surface area contributed by atoms with Crippen molar-refractivity contribution in [2.45, 2.75) is 25.9 Å². The van der Waals surface area contributed by atoms with Crippen molar-refractivity contribution in [2.75, 3.05) is 7.11 Å². The molecule has 1 unspecified atom stereocenters. The molecule has 0 aliphatic heterocycles. The number of nitrogens with zero attached hydrogens (tertiary/aromatic N) is 2. The summed E-state index contributed by atoms with van der Waals surface area (Å²) in [5, 5.41) is 0. The van der Waals surface area contributed by atoms with Crippen LogP contribution in [-0.2, 0) is 13.0 Å². The first kappa shape index (κ1) is 13.6. The van der Waals surface area contributed by atoms with Gasteiger partial charge in [-0.3, -0.25) is 5.84 Å². The number of hydrazine groups is 1. The second kappa shape index (κ2) is 6.36. The molecule has 102 valence electrons. The highest BCUT2D eigenvalue weighted by Crippen LogP contribution is 2.19. The van der Waals surface area contributed by atoms with Crippen molar-refractivity contribution in [3.05, 3.63) is 48.0 Å². The Balaban J connectivity index is 2.19. The van der Waals surface area contributed by atoms with E-state index in [1.807, 2.05) is 24.4 Å². The standard InChI is InChI=1S/C14H20N4O/c1-3-18-8-7-16-14(18)13(17-15)10-11-5-4-6-12(9-11)19-2/h4-9,13,17H,3,10,15H2,1-2H3. The van der Waals surface area contributed by atoms with Crippen molar-refractivity contribution >= 4 is 0 Å². The van der Waals surface area contributed by atoms with E-state index < -0.39 is 0 Å². The molecule has 5 nitrogen and oxygen atoms in total. The fourth-order valence-electron chi connectivity index (χ4n) is 2.16. The third-order valence-electron chi connectivity index (χ3n) is 3.18. The number of hydrogen-bond donors (Lipinski definition) is 2. The number of benzene rings is 1. The van der Waals surface area contributed by atoms with Crippen molar-refractivity contribution in [1.29, 1.82) is 0 Å². The van der Waals surface area contributed by atoms with Gasteiger partial charge in [-0.05, 0) is 31.0 Å². The Labute approximate surface area is 113 Å². The van der Waals surface area contributed by atoms with E-state index in [2.05, 4.69) is 28.0 Å². The van der Waals surface area contributed by atoms with Gasteiger partial charge in [-0.15, -0.1) is 0 Å². The minimum Gasteiger partial charge on any atom is -0.497 e. The number of nitrogens with one attached hydrogen (secondary N) is 1. The largest absolute Gasteiger partial charge is 0.497 e. The van der Waals surface area contributed by atoms with E-state index in [0.29, 0.717) is 0 Å². The van der Waals surface area contributed by atoms with Gasteiger partial charge in [-0.1, -0.05) is 12.1 Å². The molecule has 0 fully saturated rings. The van der Waals surface area contributed by atoms with Crippen LogP contribution in [0, 0.1) is 0 Å². The first-order valence-electron chi connectivity index (χ1n) is 6.38. The summed E-state index contributed by atoms with van der Waals surface area (Å²) in [4.78, 5) is 4.39. The molecule has 1 heterocycles. The highest BCUT2D eigenvalue weighted by atomic mass is 16.5. The predicted octanol–water partition coefficient (Wildman–Crippen LogP) is 1.66. The molecule has 0 aliphatic rings. The fraction of sp³-hybridized carbons (Fsp3) is 0.357. The molecule has 0 bridgehead atoms. The lowest BCUT2D eigenvalue weighted by atomic mass is 10.1. The molecule has 0 aliphatic carbocycles. The van der Waals surface area contributed by atoms with Crippen LogP contribution in [0.1, 0.15) is 24.4 Å². The molecule has 0 saturated heterocycles. The van der Waals surface area contributed by atoms with Gasteiger partial charge in [0.25, 0.3) is 0 Å². The topological polar surface area (TPSA) is 65.1 Å². The Morgan fingerprint density at radius 3 is 3.00 bits per heavy atom. The second-order valence-electron chi connectivity index (χ2n) is 4.35. The first-order valence-corrected chi connectivity index (χ1v) is 6.38. The molecule has 3 N–H and O–H groups in total. The number of ether oxygens (including phenoxy) is 1. The number of aryl methyl sites for hydroxylation is 1. The van der Waals surface area contributed by atoms with Gasteiger partial charge >= 0.3 is 0 Å². The Morgan fingerprint density at radius 2 is 2.32 bits per heavy atom. The number of rotatable bonds is 6. The van der Waals surface area contributed by atoms with Crippen molar-refractivity contribution in [1.82, 2.24) is 15.0 Å². The highest BCUT2D eigenvalue weighted by molar-refractivity contribution is 5.29. The van der Waals surface area contributed by atoms with E-state index in [1.165, 1.54) is 0 Å². The fourth-order valence-corrected chi connectivity index (χ4v) is 2.16. The average molecular weight is 260 g/mol. The van der Waals surface area contributed by atoms with E-state index in [9.17, 15) is 0 Å². The summed E-state index contributed by atoms with van der Waals surface area (Å²) in [6, 6.07) is 7.98. The van der Waals surface area contributed by atoms with Gasteiger partial charge in [0.05, 0.1) is 13.2 Å². The van der Waals surface area contributed by atoms with Gasteiger partial charge in [0.1, 0.15) is 11.6 Å². The summed E-state index contributed by atoms with van der Waals surface area (Å²) in [7, 11) is 1.67. The van der Waals surface area contributed by atoms with Gasteiger partial charge in [0, 0.05) is 18.9 Å². The van der Waals surface area contributed by atoms with E-state index in [-0.39, 0.29) is 6.04 Å². The van der Waals surface area contributed by atoms with Gasteiger partial charge in [-0.2, -0.15) is 0 Å². The van der Waals surface area contributed by atoms with Crippen molar-refractivity contribution in [3.8, 4) is 5.75 Å². The maximum atomic E-state index is 5.67. The molecule has 2 rings (SSSR count). The second-order valence-corrected chi connectivity index (χ2v) is 4.35. The third kappa shape index (κ3) is 3.13. The zero-order valence-corrected chi connectivity index (χ0v) is 11.3. The lowest BCUT2D eigenvalue weighted by Gasteiger charge is -2.17. The quantitative estimate of drug-likeness (QED) is 0.612. The SMILES string of the molecule is CCn1ccnc1C(Cc1cccc(OC)c1)NN. The lowest BCUT2D eigenvalue weighted by Crippen LogP contribution is -2.31. The Kier molecular flexibility index (Phi) is 4.54. The number of aromatic nitrogens is 2. The van der Waals surface area contributed by atoms with Gasteiger partial charge in [0.15, 0.2) is 0 Å². The van der Waals surface area contributed by atoms with Crippen LogP contribution in [0.4, 0.5) is 0 Å². The minimum absolute atomic E-state index is 0.0120. The zero-order chi connectivity index (χ0) is 13.7. The Bertz CT molecular complexity index is 524. The molecule has 0 radical (unpaired) electrons. The Morgan fingerprint density at radius 1 is 1.47 bits per heavy atom. The summed E-state index contributed by atoms with van der Waals surface area (Å²) in [5.74, 6) is 7.48. The maximum Gasteiger partial charge on any atom is 0.127 e. The first-order chi connectivity index (χ1) is 9.28. The van der Waals surface area contributed by atoms with Crippen LogP contribution < -0.4 is 16.0 Å². The smallest absolute Gasteiger partial charge is 0.127 e. The van der Waals surface area contributed by atoms with Gasteiger partial charge in [-0.25, -0.2) is 10.4 Å². The molecule has 1 atom stereocenters. The monoisotopic (exact) mass is 260 g/mol. The number of nitrogens with two attached hydrogens (primary N) is 1. The summed E-state index contributed by atoms with van der Waals surface area (Å²) < 4.78 is 7.32. The molecule has 2 aromatic rings. The van der Waals surface area contributed by atoms with E-state index in [1.54, 1.807) is 13.3 Å². The summed E-state index contributed by atoms with van der Waals surface area (Å²) >= 11 is 0. The van der Waals surface area contributed by atoms with Crippen LogP contribution in [-0.4, -0.2) is 16.7 Å². The minimum atomic E-state index is -0.0120. The van der Waals surface area contributed by atoms with E-state index in [4.69, 9.17) is 10.6 Å². The lowest BCUT2D eigenvalue weighted by molar-refractivity contribution is 0.413. The molecule has 5 heteroatoms. The third-order valence-corrected chi connectivity index (χ3v) is 3.18. The van der Waals surface area contributed by atoms with Crippen LogP contribution in [0.25, 0.3) is 0 Å². The summed E-state index contributed by atoms with van der Waals surface area (Å²) in [6.07, 6.45) is 4.53. The number of hydrogen-bond acceptors (Lipinski definition) is 4. The normalized spacial score (nSPS) is 12.4. The molecule has 0 spiro atoms. The van der Waals surface area contributed by atoms with Crippen LogP contribution >= 0.6 is 0 Å². The molecule has 1 aromatic carbocycles. The van der Waals surface area contributed by atoms with Crippen LogP contribution in [0.15, 0.2) is 36.7 Å². The molecular weight excluding hydrogens is 240 g/mol. The summed E-state index contributed by atoms with van der Waals surface area (Å²) in [5.41, 5.74) is 4.00. The molecular formula is C14H20N4O. The predicted molar refractivity (Wildman–Crippen MR) is 74.7 cm³/mol. The van der Waals surface area contributed by atoms with Gasteiger partial charge in [0.2, 0.25) is 0 Å². The molecule has 19 heavy (non-hydrogen) atoms. The maximum absolute atomic E-state index is 5.67. The number of methoxy groups -OCH3 is 1. The highest BCUT2D eigenvalue weighted by Gasteiger charge is 2.15. The van der Waals surface area contributed by atoms with Crippen molar-refractivity contribution < 1.29 is 4.74 Å². The molecule has 0 saturated carbocycles. The average Bonchev–Trinajstić information content (AvgIpc) is 2.93. The molecule has 0 amide bonds. The van der Waals surface area contributed by atoms with Crippen molar-refractivity contribution in [3.63, 3.8) is 0 Å². The molecule has 1 aromatic heterocycles. The number of imidazole rings is 1. The van der Waals surface area contributed by atoms with Crippen LogP contribution in [0.5, 0.6) is 5.75 Å². The zero-order valence-electron chi connectivity index (χ0n) is 11.3.